The van der Waals surface area contributed by atoms with Crippen LogP contribution in [0.5, 0.6) is 0 Å². The number of benzene rings is 1. The molecule has 1 atom stereocenters. The first-order valence-corrected chi connectivity index (χ1v) is 7.98. The molecule has 1 rings (SSSR count). The van der Waals surface area contributed by atoms with Crippen molar-refractivity contribution >= 4 is 27.6 Å². The van der Waals surface area contributed by atoms with E-state index in [1.165, 1.54) is 33.2 Å². The molecule has 0 saturated carbocycles. The molecule has 0 spiro atoms. The fraction of sp³-hybridized carbons (Fsp3) is 0.462. The van der Waals surface area contributed by atoms with Crippen LogP contribution in [-0.4, -0.2) is 44.5 Å². The Balaban J connectivity index is 3.09. The lowest BCUT2D eigenvalue weighted by Crippen LogP contribution is -2.33. The zero-order chi connectivity index (χ0) is 16.2. The van der Waals surface area contributed by atoms with Crippen LogP contribution in [0.4, 0.5) is 0 Å². The number of ether oxygens (including phenoxy) is 1. The predicted octanol–water partition coefficient (Wildman–Crippen LogP) is 1.83. The minimum Gasteiger partial charge on any atom is -0.481 e. The lowest BCUT2D eigenvalue weighted by molar-refractivity contribution is -0.141. The minimum atomic E-state index is -3.80. The molecule has 6 nitrogen and oxygen atoms in total. The summed E-state index contributed by atoms with van der Waals surface area (Å²) in [6, 6.07) is 4.41. The van der Waals surface area contributed by atoms with Crippen LogP contribution in [0.2, 0.25) is 5.02 Å². The molecule has 0 aliphatic carbocycles. The van der Waals surface area contributed by atoms with Gasteiger partial charge in [0.15, 0.2) is 0 Å². The molecule has 0 radical (unpaired) electrons. The number of rotatable bonds is 7. The molecule has 1 aromatic rings. The lowest BCUT2D eigenvalue weighted by Gasteiger charge is -2.19. The molecule has 8 heteroatoms. The molecule has 1 N–H and O–H groups in total. The van der Waals surface area contributed by atoms with Crippen LogP contribution in [0.15, 0.2) is 23.1 Å². The summed E-state index contributed by atoms with van der Waals surface area (Å²) in [4.78, 5) is 10.8. The second-order valence-electron chi connectivity index (χ2n) is 4.75. The molecule has 0 heterocycles. The van der Waals surface area contributed by atoms with Crippen molar-refractivity contribution < 1.29 is 23.1 Å². The van der Waals surface area contributed by atoms with Crippen molar-refractivity contribution in [2.45, 2.75) is 18.4 Å². The van der Waals surface area contributed by atoms with Crippen LogP contribution in [0.25, 0.3) is 0 Å². The third kappa shape index (κ3) is 4.67. The van der Waals surface area contributed by atoms with E-state index in [2.05, 4.69) is 0 Å². The molecule has 118 valence electrons. The Morgan fingerprint density at radius 2 is 2.05 bits per heavy atom. The number of hydrogen-bond acceptors (Lipinski definition) is 4. The molecule has 0 bridgehead atoms. The number of hydrogen-bond donors (Lipinski definition) is 1. The first-order valence-electron chi connectivity index (χ1n) is 6.16. The quantitative estimate of drug-likeness (QED) is 0.821. The van der Waals surface area contributed by atoms with E-state index < -0.39 is 21.9 Å². The molecule has 1 unspecified atom stereocenters. The molecule has 1 aromatic carbocycles. The number of aliphatic carboxylic acids is 1. The van der Waals surface area contributed by atoms with Gasteiger partial charge in [-0.05, 0) is 23.8 Å². The van der Waals surface area contributed by atoms with Crippen molar-refractivity contribution in [1.29, 1.82) is 0 Å². The largest absolute Gasteiger partial charge is 0.481 e. The molecule has 0 aliphatic rings. The Kier molecular flexibility index (Phi) is 6.15. The maximum absolute atomic E-state index is 12.4. The molecular formula is C13H18ClNO5S. The highest BCUT2D eigenvalue weighted by atomic mass is 35.5. The van der Waals surface area contributed by atoms with Crippen molar-refractivity contribution in [3.63, 3.8) is 0 Å². The highest BCUT2D eigenvalue weighted by molar-refractivity contribution is 7.89. The van der Waals surface area contributed by atoms with Crippen LogP contribution >= 0.6 is 11.6 Å². The van der Waals surface area contributed by atoms with E-state index >= 15 is 0 Å². The Morgan fingerprint density at radius 1 is 1.43 bits per heavy atom. The number of nitrogens with zero attached hydrogens (tertiary/aromatic N) is 1. The maximum atomic E-state index is 12.4. The Labute approximate surface area is 129 Å². The smallest absolute Gasteiger partial charge is 0.307 e. The average Bonchev–Trinajstić information content (AvgIpc) is 2.38. The van der Waals surface area contributed by atoms with E-state index in [1.54, 1.807) is 6.07 Å². The van der Waals surface area contributed by atoms with Crippen LogP contribution in [0, 0.1) is 5.92 Å². The van der Waals surface area contributed by atoms with Gasteiger partial charge in [-0.25, -0.2) is 12.7 Å². The van der Waals surface area contributed by atoms with Gasteiger partial charge >= 0.3 is 5.97 Å². The number of carboxylic acid groups (broad SMARTS) is 1. The highest BCUT2D eigenvalue weighted by Gasteiger charge is 2.25. The Hall–Kier alpha value is -1.15. The topological polar surface area (TPSA) is 83.9 Å². The van der Waals surface area contributed by atoms with E-state index in [9.17, 15) is 13.2 Å². The van der Waals surface area contributed by atoms with Crippen LogP contribution in [0.1, 0.15) is 12.5 Å². The van der Waals surface area contributed by atoms with Crippen LogP contribution < -0.4 is 0 Å². The first kappa shape index (κ1) is 17.9. The van der Waals surface area contributed by atoms with Gasteiger partial charge in [-0.1, -0.05) is 18.5 Å². The molecule has 0 amide bonds. The number of carbonyl (C=O) groups is 1. The summed E-state index contributed by atoms with van der Waals surface area (Å²) in [6.45, 7) is 1.56. The van der Waals surface area contributed by atoms with Gasteiger partial charge in [0.05, 0.1) is 17.4 Å². The fourth-order valence-electron chi connectivity index (χ4n) is 1.76. The van der Waals surface area contributed by atoms with Crippen LogP contribution in [-0.2, 0) is 26.2 Å². The lowest BCUT2D eigenvalue weighted by atomic mass is 10.2. The van der Waals surface area contributed by atoms with Gasteiger partial charge in [0.2, 0.25) is 10.0 Å². The summed E-state index contributed by atoms with van der Waals surface area (Å²) in [5, 5.41) is 9.15. The monoisotopic (exact) mass is 335 g/mol. The normalized spacial score (nSPS) is 13.4. The third-order valence-electron chi connectivity index (χ3n) is 2.90. The molecule has 0 aliphatic heterocycles. The summed E-state index contributed by atoms with van der Waals surface area (Å²) >= 11 is 5.92. The molecule has 21 heavy (non-hydrogen) atoms. The number of methoxy groups -OCH3 is 1. The zero-order valence-corrected chi connectivity index (χ0v) is 13.6. The van der Waals surface area contributed by atoms with Crippen molar-refractivity contribution in [2.75, 3.05) is 20.7 Å². The molecule has 0 saturated heterocycles. The van der Waals surface area contributed by atoms with Gasteiger partial charge < -0.3 is 9.84 Å². The second-order valence-corrected chi connectivity index (χ2v) is 7.23. The van der Waals surface area contributed by atoms with Gasteiger partial charge in [0.1, 0.15) is 0 Å². The van der Waals surface area contributed by atoms with Gasteiger partial charge in [-0.3, -0.25) is 4.79 Å². The predicted molar refractivity (Wildman–Crippen MR) is 78.8 cm³/mol. The van der Waals surface area contributed by atoms with Crippen molar-refractivity contribution in [3.8, 4) is 0 Å². The Bertz CT molecular complexity index is 617. The summed E-state index contributed by atoms with van der Waals surface area (Å²) < 4.78 is 30.8. The van der Waals surface area contributed by atoms with Crippen molar-refractivity contribution in [2.24, 2.45) is 5.92 Å². The summed E-state index contributed by atoms with van der Waals surface area (Å²) in [6.07, 6.45) is 0. The standard InChI is InChI=1S/C13H18ClNO5S/c1-9(13(16)17)7-15(2)21(18,19)12-5-10(8-20-3)4-11(14)6-12/h4-6,9H,7-8H2,1-3H3,(H,16,17). The first-order chi connectivity index (χ1) is 9.68. The van der Waals surface area contributed by atoms with E-state index in [0.29, 0.717) is 5.56 Å². The van der Waals surface area contributed by atoms with E-state index in [0.717, 1.165) is 4.31 Å². The van der Waals surface area contributed by atoms with E-state index in [-0.39, 0.29) is 23.1 Å². The molecular weight excluding hydrogens is 318 g/mol. The summed E-state index contributed by atoms with van der Waals surface area (Å²) in [5.41, 5.74) is 0.628. The summed E-state index contributed by atoms with van der Waals surface area (Å²) in [5.74, 6) is -1.86. The molecule has 0 fully saturated rings. The number of halogens is 1. The van der Waals surface area contributed by atoms with Gasteiger partial charge in [0.25, 0.3) is 0 Å². The number of sulfonamides is 1. The number of carboxylic acids is 1. The van der Waals surface area contributed by atoms with Crippen LogP contribution in [0.3, 0.4) is 0 Å². The average molecular weight is 336 g/mol. The zero-order valence-electron chi connectivity index (χ0n) is 12.0. The fourth-order valence-corrected chi connectivity index (χ4v) is 3.44. The SMILES string of the molecule is COCc1cc(Cl)cc(S(=O)(=O)N(C)CC(C)C(=O)O)c1. The van der Waals surface area contributed by atoms with E-state index in [4.69, 9.17) is 21.4 Å². The van der Waals surface area contributed by atoms with Crippen molar-refractivity contribution in [3.05, 3.63) is 28.8 Å². The Morgan fingerprint density at radius 3 is 2.57 bits per heavy atom. The van der Waals surface area contributed by atoms with Gasteiger partial charge in [-0.2, -0.15) is 0 Å². The molecule has 0 aromatic heterocycles. The highest BCUT2D eigenvalue weighted by Crippen LogP contribution is 2.22. The third-order valence-corrected chi connectivity index (χ3v) is 4.92. The minimum absolute atomic E-state index is 0.0159. The van der Waals surface area contributed by atoms with Crippen molar-refractivity contribution in [1.82, 2.24) is 4.31 Å². The maximum Gasteiger partial charge on any atom is 0.307 e. The van der Waals surface area contributed by atoms with Gasteiger partial charge in [0, 0.05) is 25.7 Å². The second kappa shape index (κ2) is 7.22. The van der Waals surface area contributed by atoms with Gasteiger partial charge in [-0.15, -0.1) is 0 Å². The van der Waals surface area contributed by atoms with E-state index in [1.807, 2.05) is 0 Å². The summed E-state index contributed by atoms with van der Waals surface area (Å²) in [7, 11) is -0.966.